The van der Waals surface area contributed by atoms with Crippen LogP contribution in [0, 0.1) is 0 Å². The van der Waals surface area contributed by atoms with Crippen molar-refractivity contribution in [3.05, 3.63) is 251 Å². The molecule has 55 heavy (non-hydrogen) atoms. The van der Waals surface area contributed by atoms with E-state index in [-0.39, 0.29) is 0 Å². The molecule has 1 heterocycles. The Morgan fingerprint density at radius 1 is 0.309 bits per heavy atom. The van der Waals surface area contributed by atoms with E-state index in [1.54, 1.807) is 0 Å². The molecule has 1 heteroatoms. The van der Waals surface area contributed by atoms with E-state index in [1.807, 2.05) is 0 Å². The molecule has 9 aromatic rings. The molecule has 0 saturated carbocycles. The Bertz CT molecular complexity index is 2930. The Labute approximate surface area is 320 Å². The molecular formula is C54H34O. The van der Waals surface area contributed by atoms with Gasteiger partial charge < -0.3 is 4.74 Å². The van der Waals surface area contributed by atoms with Crippen LogP contribution >= 0.6 is 0 Å². The van der Waals surface area contributed by atoms with Gasteiger partial charge in [0, 0.05) is 16.5 Å². The van der Waals surface area contributed by atoms with Crippen molar-refractivity contribution in [2.45, 2.75) is 10.8 Å². The highest BCUT2D eigenvalue weighted by atomic mass is 16.5. The second-order valence-electron chi connectivity index (χ2n) is 15.1. The molecule has 0 unspecified atom stereocenters. The zero-order chi connectivity index (χ0) is 36.1. The lowest BCUT2D eigenvalue weighted by Gasteiger charge is -2.40. The van der Waals surface area contributed by atoms with Gasteiger partial charge in [-0.2, -0.15) is 0 Å². The second kappa shape index (κ2) is 11.3. The standard InChI is InChI=1S/C54H34O/c1-2-17-38(18-3-1)53(45-25-10-6-21-41(45)42-22-7-11-26-46(42)53)39-19-14-16-36(33-39)37-30-32-51-50(34-37)54(49-31-29-35-15-4-5-20-40(35)52(49)55-51)47-27-12-8-23-43(47)44-24-9-13-28-48(44)54/h1-34H. The van der Waals surface area contributed by atoms with Crippen LogP contribution in [0.15, 0.2) is 206 Å². The second-order valence-corrected chi connectivity index (χ2v) is 15.1. The Morgan fingerprint density at radius 3 is 1.49 bits per heavy atom. The highest BCUT2D eigenvalue weighted by molar-refractivity contribution is 5.96. The first-order chi connectivity index (χ1) is 27.3. The van der Waals surface area contributed by atoms with Crippen LogP contribution in [-0.4, -0.2) is 0 Å². The molecule has 0 bridgehead atoms. The molecule has 1 nitrogen and oxygen atoms in total. The van der Waals surface area contributed by atoms with Crippen molar-refractivity contribution in [2.24, 2.45) is 0 Å². The Balaban J connectivity index is 1.12. The molecule has 2 aliphatic carbocycles. The van der Waals surface area contributed by atoms with Crippen LogP contribution < -0.4 is 4.74 Å². The molecule has 0 radical (unpaired) electrons. The maximum absolute atomic E-state index is 7.06. The number of benzene rings is 9. The van der Waals surface area contributed by atoms with Crippen molar-refractivity contribution < 1.29 is 4.74 Å². The van der Waals surface area contributed by atoms with Crippen LogP contribution in [-0.2, 0) is 10.8 Å². The van der Waals surface area contributed by atoms with Crippen molar-refractivity contribution in [3.63, 3.8) is 0 Å². The predicted octanol–water partition coefficient (Wildman–Crippen LogP) is 13.3. The third kappa shape index (κ3) is 3.92. The Hall–Kier alpha value is -6.96. The monoisotopic (exact) mass is 698 g/mol. The van der Waals surface area contributed by atoms with E-state index in [4.69, 9.17) is 4.74 Å². The summed E-state index contributed by atoms with van der Waals surface area (Å²) in [7, 11) is 0. The lowest BCUT2D eigenvalue weighted by Crippen LogP contribution is -2.32. The van der Waals surface area contributed by atoms with Gasteiger partial charge in [0.1, 0.15) is 11.5 Å². The van der Waals surface area contributed by atoms with E-state index in [0.29, 0.717) is 0 Å². The lowest BCUT2D eigenvalue weighted by molar-refractivity contribution is 0.442. The van der Waals surface area contributed by atoms with Gasteiger partial charge >= 0.3 is 0 Å². The molecule has 9 aromatic carbocycles. The van der Waals surface area contributed by atoms with Gasteiger partial charge in [-0.05, 0) is 90.3 Å². The summed E-state index contributed by atoms with van der Waals surface area (Å²) >= 11 is 0. The summed E-state index contributed by atoms with van der Waals surface area (Å²) in [5.74, 6) is 1.84. The zero-order valence-electron chi connectivity index (χ0n) is 30.0. The summed E-state index contributed by atoms with van der Waals surface area (Å²) in [6.07, 6.45) is 0. The molecule has 256 valence electrons. The number of rotatable bonds is 3. The van der Waals surface area contributed by atoms with E-state index >= 15 is 0 Å². The van der Waals surface area contributed by atoms with Crippen molar-refractivity contribution in [1.29, 1.82) is 0 Å². The molecule has 12 rings (SSSR count). The first-order valence-electron chi connectivity index (χ1n) is 19.2. The lowest BCUT2D eigenvalue weighted by atomic mass is 9.65. The van der Waals surface area contributed by atoms with Crippen LogP contribution in [0.5, 0.6) is 11.5 Å². The minimum Gasteiger partial charge on any atom is -0.456 e. The fraction of sp³-hybridized carbons (Fsp3) is 0.0370. The van der Waals surface area contributed by atoms with Gasteiger partial charge in [0.25, 0.3) is 0 Å². The molecular weight excluding hydrogens is 665 g/mol. The first-order valence-corrected chi connectivity index (χ1v) is 19.2. The maximum atomic E-state index is 7.06. The van der Waals surface area contributed by atoms with Crippen LogP contribution in [0.3, 0.4) is 0 Å². The summed E-state index contributed by atoms with van der Waals surface area (Å²) < 4.78 is 7.06. The van der Waals surface area contributed by atoms with E-state index in [2.05, 4.69) is 206 Å². The van der Waals surface area contributed by atoms with Crippen LogP contribution in [0.1, 0.15) is 44.5 Å². The van der Waals surface area contributed by atoms with Gasteiger partial charge in [-0.1, -0.05) is 188 Å². The maximum Gasteiger partial charge on any atom is 0.140 e. The molecule has 0 saturated heterocycles. The van der Waals surface area contributed by atoms with Crippen molar-refractivity contribution >= 4 is 10.8 Å². The van der Waals surface area contributed by atoms with Gasteiger partial charge in [0.15, 0.2) is 0 Å². The Morgan fingerprint density at radius 2 is 0.836 bits per heavy atom. The van der Waals surface area contributed by atoms with Gasteiger partial charge in [-0.15, -0.1) is 0 Å². The van der Waals surface area contributed by atoms with Crippen LogP contribution in [0.4, 0.5) is 0 Å². The first kappa shape index (κ1) is 30.5. The van der Waals surface area contributed by atoms with Gasteiger partial charge in [0.2, 0.25) is 0 Å². The molecule has 0 atom stereocenters. The quantitative estimate of drug-likeness (QED) is 0.178. The number of fused-ring (bicyclic) bond motifs is 14. The van der Waals surface area contributed by atoms with Crippen LogP contribution in [0.2, 0.25) is 0 Å². The average Bonchev–Trinajstić information content (AvgIpc) is 3.73. The van der Waals surface area contributed by atoms with Crippen molar-refractivity contribution in [1.82, 2.24) is 0 Å². The van der Waals surface area contributed by atoms with Gasteiger partial charge in [-0.3, -0.25) is 0 Å². The third-order valence-corrected chi connectivity index (χ3v) is 12.6. The molecule has 0 fully saturated rings. The molecule has 3 aliphatic rings. The van der Waals surface area contributed by atoms with Gasteiger partial charge in [-0.25, -0.2) is 0 Å². The normalized spacial score (nSPS) is 14.6. The number of hydrogen-bond donors (Lipinski definition) is 0. The summed E-state index contributed by atoms with van der Waals surface area (Å²) in [5, 5.41) is 2.31. The summed E-state index contributed by atoms with van der Waals surface area (Å²) in [6.45, 7) is 0. The van der Waals surface area contributed by atoms with E-state index < -0.39 is 10.8 Å². The molecule has 0 amide bonds. The average molecular weight is 699 g/mol. The SMILES string of the molecule is c1ccc(C2(c3cccc(-c4ccc5c(c4)C4(c6ccccc6-c6ccccc64)c4ccc6ccccc6c4O5)c3)c3ccccc3-c3ccccc32)cc1. The fourth-order valence-electron chi connectivity index (χ4n) is 10.5. The topological polar surface area (TPSA) is 9.23 Å². The van der Waals surface area contributed by atoms with Crippen LogP contribution in [0.25, 0.3) is 44.2 Å². The number of ether oxygens (including phenoxy) is 1. The summed E-state index contributed by atoms with van der Waals surface area (Å²) in [4.78, 5) is 0. The molecule has 1 spiro atoms. The highest BCUT2D eigenvalue weighted by Crippen LogP contribution is 2.63. The predicted molar refractivity (Wildman–Crippen MR) is 224 cm³/mol. The zero-order valence-corrected chi connectivity index (χ0v) is 30.0. The minimum absolute atomic E-state index is 0.466. The Kier molecular flexibility index (Phi) is 6.25. The summed E-state index contributed by atoms with van der Waals surface area (Å²) in [5.41, 5.74) is 16.6. The van der Waals surface area contributed by atoms with Crippen molar-refractivity contribution in [2.75, 3.05) is 0 Å². The molecule has 0 aromatic heterocycles. The fourth-order valence-corrected chi connectivity index (χ4v) is 10.5. The molecule has 0 N–H and O–H groups in total. The van der Waals surface area contributed by atoms with Gasteiger partial charge in [0.05, 0.1) is 10.8 Å². The largest absolute Gasteiger partial charge is 0.456 e. The van der Waals surface area contributed by atoms with E-state index in [1.165, 1.54) is 77.7 Å². The summed E-state index contributed by atoms with van der Waals surface area (Å²) in [6, 6.07) is 76.2. The highest BCUT2D eigenvalue weighted by Gasteiger charge is 2.51. The third-order valence-electron chi connectivity index (χ3n) is 12.6. The van der Waals surface area contributed by atoms with E-state index in [0.717, 1.165) is 22.4 Å². The smallest absolute Gasteiger partial charge is 0.140 e. The van der Waals surface area contributed by atoms with E-state index in [9.17, 15) is 0 Å². The van der Waals surface area contributed by atoms with Crippen molar-refractivity contribution in [3.8, 4) is 44.9 Å². The molecule has 1 aliphatic heterocycles. The minimum atomic E-state index is -0.553. The number of hydrogen-bond acceptors (Lipinski definition) is 1.